The minimum atomic E-state index is -0.913. The molecule has 0 saturated heterocycles. The standard InChI is InChI=1S/C51H61B2N11O5/c1-29(2)41-26-43-31(4)21-35(61-43)23-42-30(3)20-36(60-42)24-44-32(5)39(14-16-48(66)67)45(62-44)22-34(59-41)11-15-47(65)63-40(8-6-7-17-54)50(68)55-18-19-69-38-12-9-33(10-13-38)51(52,53)64-37-25-46-49(56-27-37)58-28-57-46/h9-10,12-13,20-28,40,59-60,64H,1,6-8,11,14-19,52-54H2,2-5H3,(H,55,68)(H,63,65)(H,66,67)(H,56,57,58)/t40-/m0/s1. The first-order valence-corrected chi connectivity index (χ1v) is 23.4. The number of rotatable bonds is 20. The van der Waals surface area contributed by atoms with E-state index < -0.39 is 17.3 Å². The molecule has 0 fully saturated rings. The summed E-state index contributed by atoms with van der Waals surface area (Å²) in [5.74, 6) is -0.888. The SMILES string of the molecule is BC(B)(Nc1cnc2[nH]cnc2c1)c1ccc(OCCNC(=O)[C@H](CCCCN)NC(=O)CCc2cc3nc(cc4cc(C)c(cc5nc(cc(C(=C)C)[nH]2)C(C)=C5)[nH]4)C(C)=C3CCC(=O)O)cc1. The largest absolute Gasteiger partial charge is 0.492 e. The fourth-order valence-electron chi connectivity index (χ4n) is 8.28. The Morgan fingerprint density at radius 3 is 2.48 bits per heavy atom. The topological polar surface area (TPSA) is 242 Å². The van der Waals surface area contributed by atoms with Gasteiger partial charge in [0.2, 0.25) is 11.8 Å². The van der Waals surface area contributed by atoms with E-state index in [1.165, 1.54) is 0 Å². The zero-order valence-corrected chi connectivity index (χ0v) is 40.3. The van der Waals surface area contributed by atoms with Crippen LogP contribution < -0.4 is 26.4 Å². The molecule has 2 aliphatic heterocycles. The minimum absolute atomic E-state index is 0.0328. The van der Waals surface area contributed by atoms with Crippen molar-refractivity contribution in [1.82, 2.24) is 45.5 Å². The molecule has 6 heterocycles. The predicted molar refractivity (Wildman–Crippen MR) is 279 cm³/mol. The molecule has 0 radical (unpaired) electrons. The second-order valence-corrected chi connectivity index (χ2v) is 18.2. The number of aromatic nitrogens is 7. The van der Waals surface area contributed by atoms with Gasteiger partial charge in [0.05, 0.1) is 47.5 Å². The van der Waals surface area contributed by atoms with Crippen LogP contribution in [0.4, 0.5) is 5.69 Å². The highest BCUT2D eigenvalue weighted by atomic mass is 16.5. The number of ether oxygens (including phenoxy) is 1. The fourth-order valence-corrected chi connectivity index (χ4v) is 8.28. The molecule has 4 aromatic heterocycles. The molecule has 0 aliphatic carbocycles. The molecule has 18 heteroatoms. The number of unbranched alkanes of at least 4 members (excludes halogenated alkanes) is 1. The number of imidazole rings is 1. The Kier molecular flexibility index (Phi) is 15.8. The number of pyridine rings is 1. The second kappa shape index (κ2) is 22.1. The first kappa shape index (κ1) is 49.4. The number of allylic oxidation sites excluding steroid dienone is 4. The van der Waals surface area contributed by atoms with Gasteiger partial charge in [0.25, 0.3) is 0 Å². The third-order valence-corrected chi connectivity index (χ3v) is 12.2. The molecular weight excluding hydrogens is 868 g/mol. The van der Waals surface area contributed by atoms with Crippen molar-refractivity contribution in [3.05, 3.63) is 125 Å². The zero-order chi connectivity index (χ0) is 49.2. The Morgan fingerprint density at radius 1 is 0.928 bits per heavy atom. The number of nitrogens with two attached hydrogens (primary N) is 1. The highest BCUT2D eigenvalue weighted by Crippen LogP contribution is 2.34. The van der Waals surface area contributed by atoms with Crippen LogP contribution in [0.3, 0.4) is 0 Å². The Bertz CT molecular complexity index is 3000. The van der Waals surface area contributed by atoms with Crippen molar-refractivity contribution in [2.75, 3.05) is 25.0 Å². The van der Waals surface area contributed by atoms with E-state index >= 15 is 0 Å². The highest BCUT2D eigenvalue weighted by Gasteiger charge is 2.23. The molecule has 9 N–H and O–H groups in total. The molecule has 16 nitrogen and oxygen atoms in total. The van der Waals surface area contributed by atoms with Crippen molar-refractivity contribution in [2.24, 2.45) is 5.73 Å². The summed E-state index contributed by atoms with van der Waals surface area (Å²) in [6, 6.07) is 18.8. The maximum absolute atomic E-state index is 13.8. The van der Waals surface area contributed by atoms with E-state index in [0.717, 1.165) is 72.7 Å². The first-order valence-electron chi connectivity index (χ1n) is 23.4. The summed E-state index contributed by atoms with van der Waals surface area (Å²) < 4.78 is 6.00. The molecular formula is C51H61B2N11O5. The van der Waals surface area contributed by atoms with E-state index in [1.54, 1.807) is 12.5 Å². The molecule has 69 heavy (non-hydrogen) atoms. The van der Waals surface area contributed by atoms with Crippen LogP contribution >= 0.6 is 0 Å². The van der Waals surface area contributed by atoms with Crippen LogP contribution in [0.5, 0.6) is 5.75 Å². The number of aromatic amines is 3. The molecule has 0 spiro atoms. The summed E-state index contributed by atoms with van der Waals surface area (Å²) in [5, 5.41) is 18.7. The van der Waals surface area contributed by atoms with E-state index in [4.69, 9.17) is 20.4 Å². The van der Waals surface area contributed by atoms with Gasteiger partial charge in [-0.3, -0.25) is 14.4 Å². The van der Waals surface area contributed by atoms with Gasteiger partial charge in [-0.1, -0.05) is 18.7 Å². The Labute approximate surface area is 403 Å². The number of carboxylic acids is 1. The molecule has 2 aliphatic rings. The van der Waals surface area contributed by atoms with E-state index in [0.29, 0.717) is 54.3 Å². The van der Waals surface area contributed by atoms with E-state index in [9.17, 15) is 19.5 Å². The summed E-state index contributed by atoms with van der Waals surface area (Å²) in [6.07, 6.45) is 7.64. The molecule has 2 amide bonds. The highest BCUT2D eigenvalue weighted by molar-refractivity contribution is 6.41. The quantitative estimate of drug-likeness (QED) is 0.0337. The average Bonchev–Trinajstić information content (AvgIpc) is 4.07. The minimum Gasteiger partial charge on any atom is -0.492 e. The van der Waals surface area contributed by atoms with Crippen molar-refractivity contribution in [2.45, 2.75) is 84.0 Å². The number of H-pyrrole nitrogens is 3. The summed E-state index contributed by atoms with van der Waals surface area (Å²) in [4.78, 5) is 68.0. The smallest absolute Gasteiger partial charge is 0.303 e. The zero-order valence-electron chi connectivity index (χ0n) is 40.3. The van der Waals surface area contributed by atoms with Gasteiger partial charge in [0.1, 0.15) is 39.6 Å². The van der Waals surface area contributed by atoms with Crippen LogP contribution in [0.1, 0.15) is 105 Å². The van der Waals surface area contributed by atoms with Gasteiger partial charge in [-0.2, -0.15) is 0 Å². The first-order chi connectivity index (χ1) is 33.0. The Balaban J connectivity index is 1.06. The van der Waals surface area contributed by atoms with Gasteiger partial charge < -0.3 is 46.5 Å². The number of benzene rings is 1. The van der Waals surface area contributed by atoms with Gasteiger partial charge in [-0.15, -0.1) is 0 Å². The number of fused-ring (bicyclic) bond motifs is 7. The van der Waals surface area contributed by atoms with Gasteiger partial charge in [0, 0.05) is 35.3 Å². The van der Waals surface area contributed by atoms with Crippen LogP contribution in [-0.2, 0) is 26.1 Å². The lowest BCUT2D eigenvalue weighted by Crippen LogP contribution is -2.47. The molecule has 356 valence electrons. The Morgan fingerprint density at radius 2 is 1.72 bits per heavy atom. The number of carboxylic acid groups (broad SMARTS) is 1. The molecule has 7 rings (SSSR count). The summed E-state index contributed by atoms with van der Waals surface area (Å²) >= 11 is 0. The Hall–Kier alpha value is -7.46. The summed E-state index contributed by atoms with van der Waals surface area (Å²) in [5.41, 5.74) is 19.6. The number of nitrogens with one attached hydrogen (secondary N) is 6. The second-order valence-electron chi connectivity index (χ2n) is 18.2. The van der Waals surface area contributed by atoms with Crippen molar-refractivity contribution in [3.63, 3.8) is 0 Å². The average molecular weight is 930 g/mol. The maximum Gasteiger partial charge on any atom is 0.303 e. The van der Waals surface area contributed by atoms with Crippen LogP contribution in [0.15, 0.2) is 79.8 Å². The van der Waals surface area contributed by atoms with Gasteiger partial charge >= 0.3 is 5.97 Å². The van der Waals surface area contributed by atoms with Crippen molar-refractivity contribution in [1.29, 1.82) is 0 Å². The normalized spacial score (nSPS) is 12.8. The summed E-state index contributed by atoms with van der Waals surface area (Å²) in [6.45, 7) is 13.0. The van der Waals surface area contributed by atoms with E-state index in [-0.39, 0.29) is 50.6 Å². The number of carbonyl (C=O) groups is 3. The molecule has 0 saturated carbocycles. The lowest BCUT2D eigenvalue weighted by atomic mass is 9.58. The number of hydrogen-bond acceptors (Lipinski definition) is 10. The van der Waals surface area contributed by atoms with Crippen LogP contribution in [-0.4, -0.2) is 99.2 Å². The van der Waals surface area contributed by atoms with Crippen LogP contribution in [0.25, 0.3) is 50.6 Å². The van der Waals surface area contributed by atoms with Gasteiger partial charge in [0.15, 0.2) is 5.65 Å². The van der Waals surface area contributed by atoms with Crippen LogP contribution in [0.2, 0.25) is 0 Å². The van der Waals surface area contributed by atoms with E-state index in [2.05, 4.69) is 63.1 Å². The molecule has 6 bridgehead atoms. The monoisotopic (exact) mass is 930 g/mol. The third kappa shape index (κ3) is 13.0. The third-order valence-electron chi connectivity index (χ3n) is 12.2. The number of aliphatic carboxylic acids is 1. The molecule has 1 aromatic carbocycles. The fraction of sp³-hybridized carbons (Fsp3) is 0.314. The number of amides is 2. The predicted octanol–water partition coefficient (Wildman–Crippen LogP) is 5.92. The molecule has 1 atom stereocenters. The van der Waals surface area contributed by atoms with Crippen molar-refractivity contribution < 1.29 is 24.2 Å². The van der Waals surface area contributed by atoms with Crippen molar-refractivity contribution in [3.8, 4) is 5.75 Å². The number of carbonyl (C=O) groups excluding carboxylic acids is 2. The molecule has 0 unspecified atom stereocenters. The lowest BCUT2D eigenvalue weighted by Gasteiger charge is -2.28. The van der Waals surface area contributed by atoms with Gasteiger partial charge in [-0.05, 0) is 160 Å². The summed E-state index contributed by atoms with van der Waals surface area (Å²) in [7, 11) is 4.16. The van der Waals surface area contributed by atoms with Crippen molar-refractivity contribution >= 4 is 89.7 Å². The maximum atomic E-state index is 13.8. The number of aryl methyl sites for hydroxylation is 2. The van der Waals surface area contributed by atoms with Gasteiger partial charge in [-0.25, -0.2) is 19.9 Å². The van der Waals surface area contributed by atoms with Crippen LogP contribution in [0, 0.1) is 6.92 Å². The number of nitrogens with zero attached hydrogens (tertiary/aromatic N) is 4. The number of anilines is 1. The lowest BCUT2D eigenvalue weighted by molar-refractivity contribution is -0.136. The molecule has 5 aromatic rings. The van der Waals surface area contributed by atoms with E-state index in [1.807, 2.05) is 94.4 Å². The number of hydrogen-bond donors (Lipinski definition) is 8.